The van der Waals surface area contributed by atoms with E-state index in [2.05, 4.69) is 13.8 Å². The van der Waals surface area contributed by atoms with Gasteiger partial charge in [-0.1, -0.05) is 77.6 Å². The number of halogens is 1. The number of benzene rings is 1. The van der Waals surface area contributed by atoms with Gasteiger partial charge in [-0.15, -0.1) is 0 Å². The smallest absolute Gasteiger partial charge is 0.124 e. The largest absolute Gasteiger partial charge is 0.374 e. The number of rotatable bonds is 15. The highest BCUT2D eigenvalue weighted by Crippen LogP contribution is 2.15. The van der Waals surface area contributed by atoms with Crippen molar-refractivity contribution in [1.82, 2.24) is 0 Å². The van der Waals surface area contributed by atoms with Crippen LogP contribution >= 0.6 is 0 Å². The van der Waals surface area contributed by atoms with Crippen molar-refractivity contribution in [1.29, 1.82) is 5.26 Å². The molecular weight excluding hydrogens is 325 g/mol. The quantitative estimate of drug-likeness (QED) is 0.307. The third-order valence-corrected chi connectivity index (χ3v) is 4.84. The maximum atomic E-state index is 13.4. The number of ether oxygens (including phenoxy) is 1. The molecule has 0 N–H and O–H groups in total. The first-order chi connectivity index (χ1) is 12.7. The van der Waals surface area contributed by atoms with Gasteiger partial charge in [-0.05, 0) is 37.1 Å². The highest BCUT2D eigenvalue weighted by molar-refractivity contribution is 5.33. The van der Waals surface area contributed by atoms with Gasteiger partial charge >= 0.3 is 0 Å². The van der Waals surface area contributed by atoms with Crippen molar-refractivity contribution < 1.29 is 9.13 Å². The van der Waals surface area contributed by atoms with Crippen molar-refractivity contribution >= 4 is 0 Å². The van der Waals surface area contributed by atoms with Crippen LogP contribution in [-0.2, 0) is 11.3 Å². The number of hydrogen-bond donors (Lipinski definition) is 0. The van der Waals surface area contributed by atoms with Crippen molar-refractivity contribution in [3.63, 3.8) is 0 Å². The molecular formula is C23H36FNO. The molecule has 1 aromatic rings. The van der Waals surface area contributed by atoms with Gasteiger partial charge in [0.1, 0.15) is 5.82 Å². The van der Waals surface area contributed by atoms with E-state index < -0.39 is 0 Å². The SMILES string of the molecule is CCCCCCCCCCCCCC(C)OCc1cc(F)cc(C#N)c1. The second kappa shape index (κ2) is 14.7. The molecule has 1 rings (SSSR count). The molecule has 0 heterocycles. The van der Waals surface area contributed by atoms with Crippen LogP contribution in [0, 0.1) is 17.1 Å². The molecule has 1 aromatic carbocycles. The van der Waals surface area contributed by atoms with E-state index in [4.69, 9.17) is 10.00 Å². The highest BCUT2D eigenvalue weighted by atomic mass is 19.1. The van der Waals surface area contributed by atoms with Crippen LogP contribution in [0.1, 0.15) is 102 Å². The third-order valence-electron chi connectivity index (χ3n) is 4.84. The fraction of sp³-hybridized carbons (Fsp3) is 0.696. The van der Waals surface area contributed by atoms with Gasteiger partial charge in [0, 0.05) is 0 Å². The summed E-state index contributed by atoms with van der Waals surface area (Å²) in [5, 5.41) is 8.88. The topological polar surface area (TPSA) is 33.0 Å². The molecule has 0 saturated carbocycles. The number of hydrogen-bond acceptors (Lipinski definition) is 2. The monoisotopic (exact) mass is 361 g/mol. The van der Waals surface area contributed by atoms with Gasteiger partial charge in [0.2, 0.25) is 0 Å². The molecule has 0 radical (unpaired) electrons. The molecule has 0 fully saturated rings. The first kappa shape index (κ1) is 22.6. The lowest BCUT2D eigenvalue weighted by Crippen LogP contribution is -2.08. The Kier molecular flexibility index (Phi) is 12.8. The summed E-state index contributed by atoms with van der Waals surface area (Å²) in [7, 11) is 0. The molecule has 0 amide bonds. The molecule has 0 aliphatic rings. The number of nitriles is 1. The maximum absolute atomic E-state index is 13.4. The van der Waals surface area contributed by atoms with E-state index in [-0.39, 0.29) is 11.9 Å². The van der Waals surface area contributed by atoms with Crippen LogP contribution in [0.5, 0.6) is 0 Å². The van der Waals surface area contributed by atoms with Gasteiger partial charge in [-0.2, -0.15) is 5.26 Å². The summed E-state index contributed by atoms with van der Waals surface area (Å²) in [5.74, 6) is -0.374. The van der Waals surface area contributed by atoms with Gasteiger partial charge in [0.25, 0.3) is 0 Å². The predicted molar refractivity (Wildman–Crippen MR) is 106 cm³/mol. The molecule has 1 atom stereocenters. The Hall–Kier alpha value is -1.40. The molecule has 0 bridgehead atoms. The lowest BCUT2D eigenvalue weighted by Gasteiger charge is -2.13. The molecule has 1 unspecified atom stereocenters. The number of nitrogens with zero attached hydrogens (tertiary/aromatic N) is 1. The molecule has 146 valence electrons. The Morgan fingerprint density at radius 3 is 2.08 bits per heavy atom. The first-order valence-corrected chi connectivity index (χ1v) is 10.5. The lowest BCUT2D eigenvalue weighted by molar-refractivity contribution is 0.0457. The van der Waals surface area contributed by atoms with Crippen LogP contribution in [0.25, 0.3) is 0 Å². The van der Waals surface area contributed by atoms with Gasteiger partial charge in [-0.25, -0.2) is 4.39 Å². The second-order valence-corrected chi connectivity index (χ2v) is 7.41. The third kappa shape index (κ3) is 11.3. The predicted octanol–water partition coefficient (Wildman–Crippen LogP) is 7.30. The fourth-order valence-corrected chi connectivity index (χ4v) is 3.22. The van der Waals surface area contributed by atoms with E-state index in [1.807, 2.05) is 6.07 Å². The zero-order chi connectivity index (χ0) is 19.0. The van der Waals surface area contributed by atoms with E-state index in [9.17, 15) is 4.39 Å². The van der Waals surface area contributed by atoms with Crippen molar-refractivity contribution in [3.05, 3.63) is 35.1 Å². The summed E-state index contributed by atoms with van der Waals surface area (Å²) in [5.41, 5.74) is 1.08. The Labute approximate surface area is 159 Å². The van der Waals surface area contributed by atoms with E-state index in [0.717, 1.165) is 12.0 Å². The molecule has 3 heteroatoms. The Bertz CT molecular complexity index is 523. The normalized spacial score (nSPS) is 12.1. The van der Waals surface area contributed by atoms with Gasteiger partial charge < -0.3 is 4.74 Å². The van der Waals surface area contributed by atoms with E-state index in [1.165, 1.54) is 82.8 Å². The molecule has 0 saturated heterocycles. The Morgan fingerprint density at radius 2 is 1.50 bits per heavy atom. The van der Waals surface area contributed by atoms with Crippen molar-refractivity contribution in [2.24, 2.45) is 0 Å². The molecule has 2 nitrogen and oxygen atoms in total. The zero-order valence-electron chi connectivity index (χ0n) is 16.7. The van der Waals surface area contributed by atoms with E-state index >= 15 is 0 Å². The van der Waals surface area contributed by atoms with Crippen molar-refractivity contribution in [2.75, 3.05) is 0 Å². The fourth-order valence-electron chi connectivity index (χ4n) is 3.22. The minimum atomic E-state index is -0.374. The van der Waals surface area contributed by atoms with Crippen LogP contribution in [0.15, 0.2) is 18.2 Å². The zero-order valence-corrected chi connectivity index (χ0v) is 16.7. The average molecular weight is 362 g/mol. The van der Waals surface area contributed by atoms with Crippen LogP contribution < -0.4 is 0 Å². The summed E-state index contributed by atoms with van der Waals surface area (Å²) >= 11 is 0. The average Bonchev–Trinajstić information content (AvgIpc) is 2.64. The Morgan fingerprint density at radius 1 is 0.923 bits per heavy atom. The van der Waals surface area contributed by atoms with Crippen LogP contribution in [0.2, 0.25) is 0 Å². The first-order valence-electron chi connectivity index (χ1n) is 10.5. The van der Waals surface area contributed by atoms with Gasteiger partial charge in [-0.3, -0.25) is 0 Å². The van der Waals surface area contributed by atoms with Gasteiger partial charge in [0.15, 0.2) is 0 Å². The maximum Gasteiger partial charge on any atom is 0.124 e. The molecule has 26 heavy (non-hydrogen) atoms. The Balaban J connectivity index is 2.00. The summed E-state index contributed by atoms with van der Waals surface area (Å²) < 4.78 is 19.2. The summed E-state index contributed by atoms with van der Waals surface area (Å²) in [6.07, 6.45) is 16.0. The van der Waals surface area contributed by atoms with E-state index in [1.54, 1.807) is 6.07 Å². The van der Waals surface area contributed by atoms with Crippen molar-refractivity contribution in [3.8, 4) is 6.07 Å². The van der Waals surface area contributed by atoms with Gasteiger partial charge in [0.05, 0.1) is 24.3 Å². The second-order valence-electron chi connectivity index (χ2n) is 7.41. The molecule has 0 aliphatic carbocycles. The standard InChI is InChI=1S/C23H36FNO/c1-3-4-5-6-7-8-9-10-11-12-13-14-20(2)26-19-22-15-21(18-25)16-23(24)17-22/h15-17,20H,3-14,19H2,1-2H3. The molecule has 0 spiro atoms. The molecule has 0 aromatic heterocycles. The lowest BCUT2D eigenvalue weighted by atomic mass is 10.0. The van der Waals surface area contributed by atoms with Crippen LogP contribution in [0.3, 0.4) is 0 Å². The summed E-state index contributed by atoms with van der Waals surface area (Å²) in [4.78, 5) is 0. The number of unbranched alkanes of at least 4 members (excludes halogenated alkanes) is 10. The van der Waals surface area contributed by atoms with Crippen LogP contribution in [-0.4, -0.2) is 6.10 Å². The van der Waals surface area contributed by atoms with Crippen molar-refractivity contribution in [2.45, 2.75) is 104 Å². The summed E-state index contributed by atoms with van der Waals surface area (Å²) in [6, 6.07) is 6.36. The summed E-state index contributed by atoms with van der Waals surface area (Å²) in [6.45, 7) is 4.70. The minimum Gasteiger partial charge on any atom is -0.374 e. The highest BCUT2D eigenvalue weighted by Gasteiger charge is 2.05. The van der Waals surface area contributed by atoms with Crippen LogP contribution in [0.4, 0.5) is 4.39 Å². The minimum absolute atomic E-state index is 0.169. The van der Waals surface area contributed by atoms with E-state index in [0.29, 0.717) is 12.2 Å². The molecule has 0 aliphatic heterocycles.